The molecule has 0 radical (unpaired) electrons. The van der Waals surface area contributed by atoms with Crippen LogP contribution in [0.15, 0.2) is 78.9 Å². The number of amides is 4. The third kappa shape index (κ3) is 6.92. The van der Waals surface area contributed by atoms with Gasteiger partial charge in [0.25, 0.3) is 11.8 Å². The zero-order chi connectivity index (χ0) is 27.8. The van der Waals surface area contributed by atoms with Crippen LogP contribution < -0.4 is 5.32 Å². The van der Waals surface area contributed by atoms with Gasteiger partial charge in [-0.15, -0.1) is 0 Å². The Labute approximate surface area is 233 Å². The molecule has 0 aliphatic carbocycles. The summed E-state index contributed by atoms with van der Waals surface area (Å²) in [7, 11) is 0. The van der Waals surface area contributed by atoms with Crippen molar-refractivity contribution in [3.05, 3.63) is 106 Å². The molecule has 0 saturated carbocycles. The monoisotopic (exact) mass is 545 g/mol. The van der Waals surface area contributed by atoms with E-state index in [1.807, 2.05) is 49.4 Å². The highest BCUT2D eigenvalue weighted by Gasteiger charge is 2.35. The van der Waals surface area contributed by atoms with E-state index in [4.69, 9.17) is 11.6 Å². The van der Waals surface area contributed by atoms with Crippen molar-refractivity contribution in [2.75, 3.05) is 13.1 Å². The molecule has 0 bridgehead atoms. The molecule has 0 aromatic heterocycles. The summed E-state index contributed by atoms with van der Waals surface area (Å²) in [4.78, 5) is 55.3. The van der Waals surface area contributed by atoms with Crippen LogP contribution in [-0.4, -0.2) is 52.6 Å². The van der Waals surface area contributed by atoms with Gasteiger partial charge in [0, 0.05) is 37.5 Å². The summed E-state index contributed by atoms with van der Waals surface area (Å²) in [6, 6.07) is 22.8. The highest BCUT2D eigenvalue weighted by atomic mass is 35.5. The molecule has 3 aromatic rings. The number of rotatable bonds is 12. The number of nitrogens with zero attached hydrogens (tertiary/aromatic N) is 2. The zero-order valence-corrected chi connectivity index (χ0v) is 22.7. The van der Waals surface area contributed by atoms with E-state index in [1.54, 1.807) is 41.3 Å². The molecule has 8 heteroatoms. The number of fused-ring (bicyclic) bond motifs is 1. The van der Waals surface area contributed by atoms with Crippen LogP contribution in [0.25, 0.3) is 0 Å². The van der Waals surface area contributed by atoms with Crippen molar-refractivity contribution in [2.24, 2.45) is 0 Å². The van der Waals surface area contributed by atoms with Crippen molar-refractivity contribution >= 4 is 35.2 Å². The molecule has 0 fully saturated rings. The molecule has 1 aliphatic heterocycles. The van der Waals surface area contributed by atoms with Gasteiger partial charge in [0.2, 0.25) is 11.8 Å². The predicted molar refractivity (Wildman–Crippen MR) is 150 cm³/mol. The van der Waals surface area contributed by atoms with Gasteiger partial charge in [-0.05, 0) is 48.2 Å². The second-order valence-corrected chi connectivity index (χ2v) is 9.99. The maximum Gasteiger partial charge on any atom is 0.261 e. The molecule has 1 aliphatic rings. The van der Waals surface area contributed by atoms with Crippen molar-refractivity contribution < 1.29 is 19.2 Å². The lowest BCUT2D eigenvalue weighted by Gasteiger charge is -2.32. The minimum Gasteiger partial charge on any atom is -0.354 e. The van der Waals surface area contributed by atoms with Gasteiger partial charge in [-0.2, -0.15) is 0 Å². The molecule has 4 rings (SSSR count). The van der Waals surface area contributed by atoms with E-state index < -0.39 is 6.04 Å². The fourth-order valence-electron chi connectivity index (χ4n) is 4.68. The lowest BCUT2D eigenvalue weighted by atomic mass is 10.0. The second kappa shape index (κ2) is 13.2. The van der Waals surface area contributed by atoms with E-state index in [-0.39, 0.29) is 49.6 Å². The van der Waals surface area contributed by atoms with E-state index in [0.29, 0.717) is 29.1 Å². The van der Waals surface area contributed by atoms with Gasteiger partial charge in [-0.25, -0.2) is 0 Å². The molecule has 3 aromatic carbocycles. The summed E-state index contributed by atoms with van der Waals surface area (Å²) in [6.45, 7) is 2.83. The SMILES string of the molecule is CCCNC(=O)[C@@H](Cc1ccccc1)N(Cc1ccc(Cl)cc1)C(=O)CCCN1C(=O)c2ccccc2C1=O. The largest absolute Gasteiger partial charge is 0.354 e. The summed E-state index contributed by atoms with van der Waals surface area (Å²) in [5, 5.41) is 3.54. The van der Waals surface area contributed by atoms with E-state index in [9.17, 15) is 19.2 Å². The Balaban J connectivity index is 1.53. The van der Waals surface area contributed by atoms with Crippen LogP contribution >= 0.6 is 11.6 Å². The fraction of sp³-hybridized carbons (Fsp3) is 0.290. The molecule has 0 spiro atoms. The quantitative estimate of drug-likeness (QED) is 0.329. The Hall–Kier alpha value is -3.97. The predicted octanol–water partition coefficient (Wildman–Crippen LogP) is 4.88. The number of carbonyl (C=O) groups is 4. The van der Waals surface area contributed by atoms with Crippen LogP contribution in [-0.2, 0) is 22.6 Å². The van der Waals surface area contributed by atoms with Gasteiger partial charge < -0.3 is 10.2 Å². The number of benzene rings is 3. The molecule has 0 saturated heterocycles. The van der Waals surface area contributed by atoms with E-state index in [2.05, 4.69) is 5.32 Å². The van der Waals surface area contributed by atoms with Gasteiger partial charge in [-0.1, -0.05) is 73.1 Å². The minimum atomic E-state index is -0.735. The normalized spacial score (nSPS) is 13.2. The number of imide groups is 1. The van der Waals surface area contributed by atoms with Crippen LogP contribution in [0.2, 0.25) is 5.02 Å². The first-order valence-corrected chi connectivity index (χ1v) is 13.6. The summed E-state index contributed by atoms with van der Waals surface area (Å²) in [6.07, 6.45) is 1.49. The first-order valence-electron chi connectivity index (χ1n) is 13.2. The van der Waals surface area contributed by atoms with Crippen LogP contribution in [0.5, 0.6) is 0 Å². The Morgan fingerprint density at radius 2 is 1.49 bits per heavy atom. The summed E-state index contributed by atoms with van der Waals surface area (Å²) < 4.78 is 0. The minimum absolute atomic E-state index is 0.0767. The van der Waals surface area contributed by atoms with Gasteiger partial charge in [0.15, 0.2) is 0 Å². The highest BCUT2D eigenvalue weighted by molar-refractivity contribution is 6.30. The third-order valence-corrected chi connectivity index (χ3v) is 6.99. The van der Waals surface area contributed by atoms with Gasteiger partial charge in [0.05, 0.1) is 11.1 Å². The molecule has 1 atom stereocenters. The van der Waals surface area contributed by atoms with E-state index in [0.717, 1.165) is 17.5 Å². The van der Waals surface area contributed by atoms with E-state index >= 15 is 0 Å². The van der Waals surface area contributed by atoms with Crippen LogP contribution in [0.1, 0.15) is 58.0 Å². The van der Waals surface area contributed by atoms with Crippen LogP contribution in [0, 0.1) is 0 Å². The highest BCUT2D eigenvalue weighted by Crippen LogP contribution is 2.23. The Morgan fingerprint density at radius 3 is 2.10 bits per heavy atom. The second-order valence-electron chi connectivity index (χ2n) is 9.56. The van der Waals surface area contributed by atoms with Crippen molar-refractivity contribution in [1.82, 2.24) is 15.1 Å². The third-order valence-electron chi connectivity index (χ3n) is 6.74. The summed E-state index contributed by atoms with van der Waals surface area (Å²) in [5.74, 6) is -1.14. The Morgan fingerprint density at radius 1 is 0.872 bits per heavy atom. The molecule has 1 heterocycles. The smallest absolute Gasteiger partial charge is 0.261 e. The molecule has 1 N–H and O–H groups in total. The number of hydrogen-bond acceptors (Lipinski definition) is 4. The summed E-state index contributed by atoms with van der Waals surface area (Å²) in [5.41, 5.74) is 2.55. The van der Waals surface area contributed by atoms with Crippen molar-refractivity contribution in [3.8, 4) is 0 Å². The Bertz CT molecular complexity index is 1290. The van der Waals surface area contributed by atoms with Crippen molar-refractivity contribution in [1.29, 1.82) is 0 Å². The van der Waals surface area contributed by atoms with Crippen LogP contribution in [0.3, 0.4) is 0 Å². The molecule has 202 valence electrons. The van der Waals surface area contributed by atoms with Gasteiger partial charge in [-0.3, -0.25) is 24.1 Å². The molecule has 0 unspecified atom stereocenters. The molecule has 4 amide bonds. The number of nitrogens with one attached hydrogen (secondary N) is 1. The Kier molecular flexibility index (Phi) is 9.49. The first kappa shape index (κ1) is 28.0. The summed E-state index contributed by atoms with van der Waals surface area (Å²) >= 11 is 6.07. The maximum absolute atomic E-state index is 13.7. The van der Waals surface area contributed by atoms with Gasteiger partial charge in [0.1, 0.15) is 6.04 Å². The average molecular weight is 546 g/mol. The molecule has 39 heavy (non-hydrogen) atoms. The molecule has 7 nitrogen and oxygen atoms in total. The number of carbonyl (C=O) groups excluding carboxylic acids is 4. The standard InChI is InChI=1S/C31H32ClN3O4/c1-2-18-33-29(37)27(20-22-9-4-3-5-10-22)35(21-23-14-16-24(32)17-15-23)28(36)13-8-19-34-30(38)25-11-6-7-12-26(25)31(34)39/h3-7,9-12,14-17,27H,2,8,13,18-21H2,1H3,(H,33,37)/t27-/m1/s1. The van der Waals surface area contributed by atoms with Crippen molar-refractivity contribution in [2.45, 2.75) is 45.2 Å². The first-order chi connectivity index (χ1) is 18.9. The zero-order valence-electron chi connectivity index (χ0n) is 21.9. The lowest BCUT2D eigenvalue weighted by molar-refractivity contribution is -0.141. The molecular weight excluding hydrogens is 514 g/mol. The van der Waals surface area contributed by atoms with Crippen molar-refractivity contribution in [3.63, 3.8) is 0 Å². The maximum atomic E-state index is 13.7. The van der Waals surface area contributed by atoms with Crippen LogP contribution in [0.4, 0.5) is 0 Å². The number of halogens is 1. The lowest BCUT2D eigenvalue weighted by Crippen LogP contribution is -2.50. The number of hydrogen-bond donors (Lipinski definition) is 1. The van der Waals surface area contributed by atoms with E-state index in [1.165, 1.54) is 4.90 Å². The topological polar surface area (TPSA) is 86.8 Å². The fourth-order valence-corrected chi connectivity index (χ4v) is 4.81. The average Bonchev–Trinajstić information content (AvgIpc) is 3.20. The van der Waals surface area contributed by atoms with Gasteiger partial charge >= 0.3 is 0 Å². The molecular formula is C31H32ClN3O4.